The van der Waals surface area contributed by atoms with Gasteiger partial charge in [0, 0.05) is 18.3 Å². The lowest BCUT2D eigenvalue weighted by Crippen LogP contribution is -2.00. The molecule has 1 aliphatic rings. The summed E-state index contributed by atoms with van der Waals surface area (Å²) in [6, 6.07) is 1.74. The van der Waals surface area contributed by atoms with E-state index in [1.807, 2.05) is 0 Å². The Bertz CT molecular complexity index is 543. The summed E-state index contributed by atoms with van der Waals surface area (Å²) in [6.07, 6.45) is 5.37. The van der Waals surface area contributed by atoms with Crippen molar-refractivity contribution in [1.29, 1.82) is 0 Å². The van der Waals surface area contributed by atoms with E-state index in [1.165, 1.54) is 4.52 Å². The van der Waals surface area contributed by atoms with Crippen molar-refractivity contribution in [2.45, 2.75) is 18.8 Å². The maximum absolute atomic E-state index is 11.1. The molecule has 15 heavy (non-hydrogen) atoms. The summed E-state index contributed by atoms with van der Waals surface area (Å²) in [6.45, 7) is 0. The Morgan fingerprint density at radius 2 is 2.33 bits per heavy atom. The van der Waals surface area contributed by atoms with E-state index >= 15 is 0 Å². The highest BCUT2D eigenvalue weighted by Crippen LogP contribution is 2.41. The fourth-order valence-electron chi connectivity index (χ4n) is 1.75. The molecule has 1 aliphatic carbocycles. The molecule has 0 unspecified atom stereocenters. The van der Waals surface area contributed by atoms with Crippen molar-refractivity contribution in [3.8, 4) is 0 Å². The van der Waals surface area contributed by atoms with Crippen LogP contribution in [0, 0.1) is 0 Å². The molecule has 3 rings (SSSR count). The number of carbonyl (C=O) groups is 1. The number of carboxylic acid groups (broad SMARTS) is 1. The molecule has 1 saturated carbocycles. The molecule has 76 valence electrons. The SMILES string of the molecule is O=C(O)c1c(C2CC2)nn2cccnc12. The summed E-state index contributed by atoms with van der Waals surface area (Å²) >= 11 is 0. The van der Waals surface area contributed by atoms with Crippen LogP contribution in [0.3, 0.4) is 0 Å². The van der Waals surface area contributed by atoms with Crippen LogP contribution in [0.4, 0.5) is 0 Å². The van der Waals surface area contributed by atoms with E-state index in [0.717, 1.165) is 12.8 Å². The minimum atomic E-state index is -0.939. The van der Waals surface area contributed by atoms with E-state index in [2.05, 4.69) is 10.1 Å². The number of hydrogen-bond acceptors (Lipinski definition) is 3. The number of carboxylic acids is 1. The van der Waals surface area contributed by atoms with Crippen LogP contribution >= 0.6 is 0 Å². The summed E-state index contributed by atoms with van der Waals surface area (Å²) in [7, 11) is 0. The van der Waals surface area contributed by atoms with Crippen LogP contribution in [0.1, 0.15) is 34.8 Å². The van der Waals surface area contributed by atoms with Gasteiger partial charge in [0.05, 0.1) is 5.69 Å². The van der Waals surface area contributed by atoms with Crippen molar-refractivity contribution < 1.29 is 9.90 Å². The van der Waals surface area contributed by atoms with Gasteiger partial charge < -0.3 is 5.11 Å². The van der Waals surface area contributed by atoms with Crippen molar-refractivity contribution in [3.63, 3.8) is 0 Å². The van der Waals surface area contributed by atoms with Crippen LogP contribution in [0.15, 0.2) is 18.5 Å². The van der Waals surface area contributed by atoms with Crippen LogP contribution in [0.25, 0.3) is 5.65 Å². The quantitative estimate of drug-likeness (QED) is 0.798. The van der Waals surface area contributed by atoms with Crippen molar-refractivity contribution in [3.05, 3.63) is 29.7 Å². The summed E-state index contributed by atoms with van der Waals surface area (Å²) in [5.74, 6) is -0.622. The Kier molecular flexibility index (Phi) is 1.56. The molecule has 0 aromatic carbocycles. The van der Waals surface area contributed by atoms with Crippen molar-refractivity contribution >= 4 is 11.6 Å². The van der Waals surface area contributed by atoms with Crippen molar-refractivity contribution in [2.75, 3.05) is 0 Å². The Morgan fingerprint density at radius 1 is 1.53 bits per heavy atom. The normalized spacial score (nSPS) is 15.7. The lowest BCUT2D eigenvalue weighted by atomic mass is 10.2. The number of rotatable bonds is 2. The van der Waals surface area contributed by atoms with Gasteiger partial charge in [0.25, 0.3) is 0 Å². The van der Waals surface area contributed by atoms with E-state index in [4.69, 9.17) is 5.11 Å². The van der Waals surface area contributed by atoms with E-state index in [9.17, 15) is 4.79 Å². The highest BCUT2D eigenvalue weighted by atomic mass is 16.4. The number of nitrogens with zero attached hydrogens (tertiary/aromatic N) is 3. The van der Waals surface area contributed by atoms with E-state index in [-0.39, 0.29) is 5.56 Å². The zero-order chi connectivity index (χ0) is 10.4. The Labute approximate surface area is 85.4 Å². The molecule has 5 heteroatoms. The molecule has 0 saturated heterocycles. The lowest BCUT2D eigenvalue weighted by Gasteiger charge is -1.92. The standard InChI is InChI=1S/C10H9N3O2/c14-10(15)7-8(6-2-3-6)12-13-5-1-4-11-9(7)13/h1,4-6H,2-3H2,(H,14,15). The van der Waals surface area contributed by atoms with Gasteiger partial charge in [-0.3, -0.25) is 0 Å². The van der Waals surface area contributed by atoms with Crippen molar-refractivity contribution in [1.82, 2.24) is 14.6 Å². The van der Waals surface area contributed by atoms with Gasteiger partial charge in [-0.15, -0.1) is 0 Å². The molecule has 0 spiro atoms. The third-order valence-corrected chi connectivity index (χ3v) is 2.60. The van der Waals surface area contributed by atoms with Crippen LogP contribution in [-0.4, -0.2) is 25.7 Å². The summed E-state index contributed by atoms with van der Waals surface area (Å²) in [5, 5.41) is 13.4. The zero-order valence-corrected chi connectivity index (χ0v) is 7.92. The van der Waals surface area contributed by atoms with Crippen LogP contribution < -0.4 is 0 Å². The lowest BCUT2D eigenvalue weighted by molar-refractivity contribution is 0.0697. The average molecular weight is 203 g/mol. The first-order chi connectivity index (χ1) is 7.27. The minimum Gasteiger partial charge on any atom is -0.477 e. The largest absolute Gasteiger partial charge is 0.477 e. The first kappa shape index (κ1) is 8.40. The molecular weight excluding hydrogens is 194 g/mol. The maximum atomic E-state index is 11.1. The predicted molar refractivity (Wildman–Crippen MR) is 51.9 cm³/mol. The predicted octanol–water partition coefficient (Wildman–Crippen LogP) is 1.30. The molecule has 2 heterocycles. The second-order valence-corrected chi connectivity index (χ2v) is 3.73. The molecular formula is C10H9N3O2. The highest BCUT2D eigenvalue weighted by Gasteiger charge is 2.33. The first-order valence-corrected chi connectivity index (χ1v) is 4.84. The Hall–Kier alpha value is -1.91. The van der Waals surface area contributed by atoms with Gasteiger partial charge in [0.1, 0.15) is 5.56 Å². The molecule has 2 aromatic rings. The van der Waals surface area contributed by atoms with E-state index in [0.29, 0.717) is 17.3 Å². The fraction of sp³-hybridized carbons (Fsp3) is 0.300. The Balaban J connectivity index is 2.33. The second-order valence-electron chi connectivity index (χ2n) is 3.73. The van der Waals surface area contributed by atoms with E-state index < -0.39 is 5.97 Å². The molecule has 2 aromatic heterocycles. The third kappa shape index (κ3) is 1.20. The number of fused-ring (bicyclic) bond motifs is 1. The van der Waals surface area contributed by atoms with Crippen LogP contribution in [-0.2, 0) is 0 Å². The maximum Gasteiger partial charge on any atom is 0.341 e. The van der Waals surface area contributed by atoms with Gasteiger partial charge >= 0.3 is 5.97 Å². The second kappa shape index (κ2) is 2.79. The van der Waals surface area contributed by atoms with Gasteiger partial charge in [-0.1, -0.05) is 0 Å². The van der Waals surface area contributed by atoms with Gasteiger partial charge in [-0.2, -0.15) is 5.10 Å². The van der Waals surface area contributed by atoms with Gasteiger partial charge in [-0.25, -0.2) is 14.3 Å². The number of aromatic carboxylic acids is 1. The first-order valence-electron chi connectivity index (χ1n) is 4.84. The molecule has 0 radical (unpaired) electrons. The number of hydrogen-bond donors (Lipinski definition) is 1. The van der Waals surface area contributed by atoms with Crippen LogP contribution in [0.5, 0.6) is 0 Å². The average Bonchev–Trinajstić information content (AvgIpc) is 2.98. The monoisotopic (exact) mass is 203 g/mol. The smallest absolute Gasteiger partial charge is 0.341 e. The molecule has 0 amide bonds. The number of aromatic nitrogens is 3. The fourth-order valence-corrected chi connectivity index (χ4v) is 1.75. The summed E-state index contributed by atoms with van der Waals surface area (Å²) in [4.78, 5) is 15.2. The minimum absolute atomic E-state index is 0.262. The van der Waals surface area contributed by atoms with Gasteiger partial charge in [-0.05, 0) is 18.9 Å². The molecule has 0 atom stereocenters. The topological polar surface area (TPSA) is 67.5 Å². The van der Waals surface area contributed by atoms with Crippen molar-refractivity contribution in [2.24, 2.45) is 0 Å². The highest BCUT2D eigenvalue weighted by molar-refractivity contribution is 5.96. The van der Waals surface area contributed by atoms with Gasteiger partial charge in [0.15, 0.2) is 5.65 Å². The molecule has 1 fully saturated rings. The Morgan fingerprint density at radius 3 is 3.00 bits per heavy atom. The molecule has 5 nitrogen and oxygen atoms in total. The van der Waals surface area contributed by atoms with E-state index in [1.54, 1.807) is 18.5 Å². The molecule has 0 aliphatic heterocycles. The van der Waals surface area contributed by atoms with Gasteiger partial charge in [0.2, 0.25) is 0 Å². The summed E-state index contributed by atoms with van der Waals surface area (Å²) in [5.41, 5.74) is 1.38. The third-order valence-electron chi connectivity index (χ3n) is 2.60. The zero-order valence-electron chi connectivity index (χ0n) is 7.92. The molecule has 0 bridgehead atoms. The van der Waals surface area contributed by atoms with Crippen LogP contribution in [0.2, 0.25) is 0 Å². The summed E-state index contributed by atoms with van der Waals surface area (Å²) < 4.78 is 1.54. The molecule has 1 N–H and O–H groups in total.